The van der Waals surface area contributed by atoms with E-state index in [1.54, 1.807) is 6.92 Å². The van der Waals surface area contributed by atoms with Crippen molar-refractivity contribution < 1.29 is 4.79 Å². The van der Waals surface area contributed by atoms with Crippen molar-refractivity contribution in [1.82, 2.24) is 15.1 Å². The molecule has 0 aromatic rings. The topological polar surface area (TPSA) is 35.6 Å². The zero-order valence-electron chi connectivity index (χ0n) is 10.8. The van der Waals surface area contributed by atoms with E-state index in [-0.39, 0.29) is 5.91 Å². The van der Waals surface area contributed by atoms with Crippen LogP contribution in [0.15, 0.2) is 0 Å². The van der Waals surface area contributed by atoms with E-state index >= 15 is 0 Å². The molecule has 16 heavy (non-hydrogen) atoms. The van der Waals surface area contributed by atoms with Crippen LogP contribution in [0.4, 0.5) is 0 Å². The van der Waals surface area contributed by atoms with Crippen molar-refractivity contribution in [1.29, 1.82) is 0 Å². The summed E-state index contributed by atoms with van der Waals surface area (Å²) < 4.78 is 0. The average molecular weight is 227 g/mol. The van der Waals surface area contributed by atoms with Gasteiger partial charge in [0.2, 0.25) is 5.91 Å². The molecular weight excluding hydrogens is 202 g/mol. The molecule has 1 aliphatic rings. The molecule has 1 amide bonds. The minimum atomic E-state index is 0.210. The van der Waals surface area contributed by atoms with Gasteiger partial charge < -0.3 is 15.1 Å². The van der Waals surface area contributed by atoms with Gasteiger partial charge in [0.05, 0.1) is 0 Å². The Morgan fingerprint density at radius 3 is 2.62 bits per heavy atom. The van der Waals surface area contributed by atoms with Gasteiger partial charge in [-0.3, -0.25) is 4.79 Å². The first-order valence-corrected chi connectivity index (χ1v) is 6.31. The van der Waals surface area contributed by atoms with Crippen molar-refractivity contribution in [3.05, 3.63) is 0 Å². The number of nitrogens with one attached hydrogen (secondary N) is 1. The third-order valence-corrected chi connectivity index (χ3v) is 3.01. The van der Waals surface area contributed by atoms with Crippen LogP contribution < -0.4 is 5.32 Å². The van der Waals surface area contributed by atoms with Crippen LogP contribution in [0.2, 0.25) is 0 Å². The van der Waals surface area contributed by atoms with Crippen molar-refractivity contribution in [2.45, 2.75) is 33.2 Å². The summed E-state index contributed by atoms with van der Waals surface area (Å²) in [5.74, 6) is 0.210. The van der Waals surface area contributed by atoms with Gasteiger partial charge in [0.25, 0.3) is 0 Å². The molecule has 0 atom stereocenters. The molecule has 4 heteroatoms. The lowest BCUT2D eigenvalue weighted by Gasteiger charge is -2.21. The largest absolute Gasteiger partial charge is 0.342 e. The van der Waals surface area contributed by atoms with Gasteiger partial charge in [-0.05, 0) is 13.0 Å². The molecule has 0 aromatic carbocycles. The third-order valence-electron chi connectivity index (χ3n) is 3.01. The number of nitrogens with zero attached hydrogens (tertiary/aromatic N) is 2. The maximum atomic E-state index is 11.3. The summed E-state index contributed by atoms with van der Waals surface area (Å²) >= 11 is 0. The third kappa shape index (κ3) is 4.94. The van der Waals surface area contributed by atoms with Crippen molar-refractivity contribution in [2.24, 2.45) is 0 Å². The first-order valence-electron chi connectivity index (χ1n) is 6.31. The fraction of sp³-hybridized carbons (Fsp3) is 0.917. The summed E-state index contributed by atoms with van der Waals surface area (Å²) in [6, 6.07) is 0.556. The van der Waals surface area contributed by atoms with Gasteiger partial charge in [-0.15, -0.1) is 0 Å². The maximum Gasteiger partial charge on any atom is 0.219 e. The predicted molar refractivity (Wildman–Crippen MR) is 66.4 cm³/mol. The Kier molecular flexibility index (Phi) is 5.77. The van der Waals surface area contributed by atoms with E-state index in [1.807, 2.05) is 4.90 Å². The summed E-state index contributed by atoms with van der Waals surface area (Å²) in [6.45, 7) is 12.1. The molecule has 1 heterocycles. The molecule has 94 valence electrons. The van der Waals surface area contributed by atoms with Gasteiger partial charge in [0.1, 0.15) is 0 Å². The Labute approximate surface area is 99.0 Å². The molecule has 4 nitrogen and oxygen atoms in total. The lowest BCUT2D eigenvalue weighted by molar-refractivity contribution is -0.128. The van der Waals surface area contributed by atoms with E-state index in [9.17, 15) is 4.79 Å². The minimum Gasteiger partial charge on any atom is -0.342 e. The monoisotopic (exact) mass is 227 g/mol. The molecule has 1 rings (SSSR count). The van der Waals surface area contributed by atoms with Crippen LogP contribution in [0.1, 0.15) is 27.2 Å². The first-order chi connectivity index (χ1) is 7.59. The Morgan fingerprint density at radius 2 is 2.00 bits per heavy atom. The van der Waals surface area contributed by atoms with E-state index in [0.717, 1.165) is 45.7 Å². The zero-order valence-corrected chi connectivity index (χ0v) is 10.8. The second-order valence-corrected chi connectivity index (χ2v) is 4.81. The number of hydrogen-bond acceptors (Lipinski definition) is 3. The molecule has 1 saturated heterocycles. The van der Waals surface area contributed by atoms with Crippen LogP contribution in [0.3, 0.4) is 0 Å². The quantitative estimate of drug-likeness (QED) is 0.761. The van der Waals surface area contributed by atoms with Crippen molar-refractivity contribution >= 4 is 5.91 Å². The molecule has 0 spiro atoms. The van der Waals surface area contributed by atoms with E-state index < -0.39 is 0 Å². The van der Waals surface area contributed by atoms with Gasteiger partial charge in [0, 0.05) is 45.7 Å². The van der Waals surface area contributed by atoms with Gasteiger partial charge in [0.15, 0.2) is 0 Å². The maximum absolute atomic E-state index is 11.3. The molecule has 1 N–H and O–H groups in total. The number of carbonyl (C=O) groups is 1. The van der Waals surface area contributed by atoms with E-state index in [4.69, 9.17) is 0 Å². The lowest BCUT2D eigenvalue weighted by Crippen LogP contribution is -2.37. The second kappa shape index (κ2) is 6.86. The van der Waals surface area contributed by atoms with Crippen LogP contribution in [-0.4, -0.2) is 61.0 Å². The van der Waals surface area contributed by atoms with Crippen LogP contribution >= 0.6 is 0 Å². The van der Waals surface area contributed by atoms with Gasteiger partial charge >= 0.3 is 0 Å². The number of hydrogen-bond donors (Lipinski definition) is 1. The highest BCUT2D eigenvalue weighted by atomic mass is 16.2. The minimum absolute atomic E-state index is 0.210. The van der Waals surface area contributed by atoms with Crippen LogP contribution in [-0.2, 0) is 4.79 Å². The molecule has 0 saturated carbocycles. The van der Waals surface area contributed by atoms with Crippen LogP contribution in [0.25, 0.3) is 0 Å². The molecule has 0 bridgehead atoms. The summed E-state index contributed by atoms with van der Waals surface area (Å²) in [7, 11) is 0. The van der Waals surface area contributed by atoms with Crippen molar-refractivity contribution in [2.75, 3.05) is 39.3 Å². The summed E-state index contributed by atoms with van der Waals surface area (Å²) in [5, 5.41) is 3.42. The van der Waals surface area contributed by atoms with E-state index in [2.05, 4.69) is 24.1 Å². The first kappa shape index (κ1) is 13.5. The zero-order chi connectivity index (χ0) is 12.0. The molecule has 0 radical (unpaired) electrons. The average Bonchev–Trinajstić information content (AvgIpc) is 2.42. The molecule has 1 fully saturated rings. The SMILES string of the molecule is CC(=O)N1CCCN(CCNC(C)C)CC1. The highest BCUT2D eigenvalue weighted by molar-refractivity contribution is 5.73. The van der Waals surface area contributed by atoms with Gasteiger partial charge in [-0.2, -0.15) is 0 Å². The summed E-state index contributed by atoms with van der Waals surface area (Å²) in [5.41, 5.74) is 0. The number of rotatable bonds is 4. The second-order valence-electron chi connectivity index (χ2n) is 4.81. The molecule has 0 aromatic heterocycles. The van der Waals surface area contributed by atoms with Crippen LogP contribution in [0.5, 0.6) is 0 Å². The van der Waals surface area contributed by atoms with Gasteiger partial charge in [-0.25, -0.2) is 0 Å². The van der Waals surface area contributed by atoms with E-state index in [0.29, 0.717) is 6.04 Å². The molecule has 1 aliphatic heterocycles. The molecular formula is C12H25N3O. The Morgan fingerprint density at radius 1 is 1.25 bits per heavy atom. The smallest absolute Gasteiger partial charge is 0.219 e. The number of amides is 1. The van der Waals surface area contributed by atoms with Crippen LogP contribution in [0, 0.1) is 0 Å². The highest BCUT2D eigenvalue weighted by Crippen LogP contribution is 2.02. The van der Waals surface area contributed by atoms with Crippen molar-refractivity contribution in [3.63, 3.8) is 0 Å². The van der Waals surface area contributed by atoms with E-state index in [1.165, 1.54) is 0 Å². The molecule has 0 aliphatic carbocycles. The fourth-order valence-corrected chi connectivity index (χ4v) is 2.02. The fourth-order valence-electron chi connectivity index (χ4n) is 2.02. The Bertz CT molecular complexity index is 218. The highest BCUT2D eigenvalue weighted by Gasteiger charge is 2.15. The normalized spacial score (nSPS) is 18.9. The Balaban J connectivity index is 2.22. The summed E-state index contributed by atoms with van der Waals surface area (Å²) in [4.78, 5) is 15.7. The summed E-state index contributed by atoms with van der Waals surface area (Å²) in [6.07, 6.45) is 1.10. The predicted octanol–water partition coefficient (Wildman–Crippen LogP) is 0.539. The molecule has 0 unspecified atom stereocenters. The standard InChI is InChI=1S/C12H25N3O/c1-11(2)13-5-8-14-6-4-7-15(10-9-14)12(3)16/h11,13H,4-10H2,1-3H3. The van der Waals surface area contributed by atoms with Crippen molar-refractivity contribution in [3.8, 4) is 0 Å². The number of carbonyl (C=O) groups excluding carboxylic acids is 1. The van der Waals surface area contributed by atoms with Gasteiger partial charge in [-0.1, -0.05) is 13.8 Å². The Hall–Kier alpha value is -0.610. The lowest BCUT2D eigenvalue weighted by atomic mass is 10.3.